The van der Waals surface area contributed by atoms with Gasteiger partial charge < -0.3 is 9.22 Å². The molecule has 3 rings (SSSR count). The van der Waals surface area contributed by atoms with Crippen LogP contribution in [0.2, 0.25) is 0 Å². The molecular formula is C9H18NO+. The first-order valence-corrected chi connectivity index (χ1v) is 4.60. The van der Waals surface area contributed by atoms with Crippen LogP contribution in [0, 0.1) is 5.92 Å². The third-order valence-electron chi connectivity index (χ3n) is 3.53. The van der Waals surface area contributed by atoms with Crippen molar-refractivity contribution < 1.29 is 9.22 Å². The molecule has 0 aromatic carbocycles. The molecule has 11 heavy (non-hydrogen) atoms. The highest BCUT2D eigenvalue weighted by atomic mass is 16.5. The lowest BCUT2D eigenvalue weighted by atomic mass is 9.84. The Kier molecular flexibility index (Phi) is 1.69. The molecule has 0 amide bonds. The fraction of sp³-hybridized carbons (Fsp3) is 1.00. The maximum atomic E-state index is 5.47. The highest BCUT2D eigenvalue weighted by Crippen LogP contribution is 2.33. The van der Waals surface area contributed by atoms with Crippen molar-refractivity contribution in [3.05, 3.63) is 0 Å². The third kappa shape index (κ3) is 1.18. The first-order valence-electron chi connectivity index (χ1n) is 4.60. The number of quaternary nitrogens is 1. The zero-order chi connectivity index (χ0) is 7.90. The molecule has 3 saturated heterocycles. The van der Waals surface area contributed by atoms with Gasteiger partial charge in [0.1, 0.15) is 12.6 Å². The molecule has 0 unspecified atom stereocenters. The van der Waals surface area contributed by atoms with Crippen molar-refractivity contribution in [3.8, 4) is 0 Å². The van der Waals surface area contributed by atoms with Gasteiger partial charge >= 0.3 is 0 Å². The summed E-state index contributed by atoms with van der Waals surface area (Å²) in [5.41, 5.74) is 0. The van der Waals surface area contributed by atoms with Crippen LogP contribution >= 0.6 is 0 Å². The Bertz CT molecular complexity index is 150. The molecule has 3 aliphatic rings. The lowest BCUT2D eigenvalue weighted by Crippen LogP contribution is -2.61. The van der Waals surface area contributed by atoms with Crippen molar-refractivity contribution >= 4 is 0 Å². The van der Waals surface area contributed by atoms with Gasteiger partial charge in [-0.15, -0.1) is 0 Å². The Hall–Kier alpha value is -0.0800. The van der Waals surface area contributed by atoms with E-state index in [0.717, 1.165) is 5.92 Å². The number of fused-ring (bicyclic) bond motifs is 3. The fourth-order valence-electron chi connectivity index (χ4n) is 2.62. The Balaban J connectivity index is 2.09. The molecule has 2 heteroatoms. The van der Waals surface area contributed by atoms with Crippen molar-refractivity contribution in [1.29, 1.82) is 0 Å². The number of likely N-dealkylation sites (N-methyl/N-ethyl adjacent to an activating group) is 1. The van der Waals surface area contributed by atoms with Gasteiger partial charge in [-0.2, -0.15) is 0 Å². The summed E-state index contributed by atoms with van der Waals surface area (Å²) in [7, 11) is 4.22. The molecule has 3 fully saturated rings. The average Bonchev–Trinajstić information content (AvgIpc) is 2.04. The van der Waals surface area contributed by atoms with Crippen LogP contribution in [-0.4, -0.2) is 44.4 Å². The maximum Gasteiger partial charge on any atom is 0.109 e. The normalized spacial score (nSPS) is 49.6. The second-order valence-corrected chi connectivity index (χ2v) is 4.36. The van der Waals surface area contributed by atoms with Crippen molar-refractivity contribution in [2.75, 3.05) is 33.8 Å². The quantitative estimate of drug-likeness (QED) is 0.512. The second-order valence-electron chi connectivity index (χ2n) is 4.36. The van der Waals surface area contributed by atoms with Crippen LogP contribution in [0.25, 0.3) is 0 Å². The van der Waals surface area contributed by atoms with Gasteiger partial charge in [-0.3, -0.25) is 0 Å². The van der Waals surface area contributed by atoms with Crippen molar-refractivity contribution in [2.24, 2.45) is 5.92 Å². The summed E-state index contributed by atoms with van der Waals surface area (Å²) in [5, 5.41) is 0. The van der Waals surface area contributed by atoms with Gasteiger partial charge in [-0.05, 0) is 0 Å². The van der Waals surface area contributed by atoms with Gasteiger partial charge in [-0.25, -0.2) is 0 Å². The highest BCUT2D eigenvalue weighted by molar-refractivity contribution is 4.79. The molecule has 64 valence electrons. The van der Waals surface area contributed by atoms with Crippen LogP contribution in [0.3, 0.4) is 0 Å². The van der Waals surface area contributed by atoms with Crippen molar-refractivity contribution in [1.82, 2.24) is 0 Å². The third-order valence-corrected chi connectivity index (χ3v) is 3.53. The predicted molar refractivity (Wildman–Crippen MR) is 44.3 cm³/mol. The van der Waals surface area contributed by atoms with Gasteiger partial charge in [0.15, 0.2) is 0 Å². The van der Waals surface area contributed by atoms with Gasteiger partial charge in [0.05, 0.1) is 20.1 Å². The van der Waals surface area contributed by atoms with Crippen molar-refractivity contribution in [3.63, 3.8) is 0 Å². The summed E-state index contributed by atoms with van der Waals surface area (Å²) < 4.78 is 6.73. The zero-order valence-corrected chi connectivity index (χ0v) is 7.55. The smallest absolute Gasteiger partial charge is 0.109 e. The number of rotatable bonds is 1. The minimum Gasteiger partial charge on any atom is -0.375 e. The van der Waals surface area contributed by atoms with Crippen molar-refractivity contribution in [2.45, 2.75) is 18.9 Å². The molecule has 0 spiro atoms. The number of piperidine rings is 3. The van der Waals surface area contributed by atoms with E-state index in [1.54, 1.807) is 0 Å². The van der Waals surface area contributed by atoms with E-state index in [9.17, 15) is 0 Å². The van der Waals surface area contributed by atoms with E-state index >= 15 is 0 Å². The number of hydrogen-bond acceptors (Lipinski definition) is 1. The molecule has 2 nitrogen and oxygen atoms in total. The molecule has 0 aromatic rings. The van der Waals surface area contributed by atoms with Crippen LogP contribution in [-0.2, 0) is 4.74 Å². The number of ether oxygens (including phenoxy) is 1. The Morgan fingerprint density at radius 3 is 2.27 bits per heavy atom. The monoisotopic (exact) mass is 156 g/mol. The Morgan fingerprint density at radius 2 is 1.91 bits per heavy atom. The van der Waals surface area contributed by atoms with E-state index in [1.807, 2.05) is 7.11 Å². The van der Waals surface area contributed by atoms with Crippen LogP contribution in [0.5, 0.6) is 0 Å². The largest absolute Gasteiger partial charge is 0.375 e. The minimum atomic E-state index is 0.558. The van der Waals surface area contributed by atoms with E-state index in [1.165, 1.54) is 37.0 Å². The average molecular weight is 156 g/mol. The lowest BCUT2D eigenvalue weighted by molar-refractivity contribution is -0.928. The van der Waals surface area contributed by atoms with Crippen LogP contribution in [0.4, 0.5) is 0 Å². The van der Waals surface area contributed by atoms with Gasteiger partial charge in [0.25, 0.3) is 0 Å². The number of methoxy groups -OCH3 is 1. The Morgan fingerprint density at radius 1 is 1.27 bits per heavy atom. The number of hydrogen-bond donors (Lipinski definition) is 0. The summed E-state index contributed by atoms with van der Waals surface area (Å²) in [6.07, 6.45) is 3.33. The maximum absolute atomic E-state index is 5.47. The zero-order valence-electron chi connectivity index (χ0n) is 7.55. The SMILES string of the molecule is CO[C@H]1C[N+]2(C)CCC1CC2. The molecule has 3 heterocycles. The van der Waals surface area contributed by atoms with E-state index in [-0.39, 0.29) is 0 Å². The second kappa shape index (κ2) is 2.46. The standard InChI is InChI=1S/C9H18NO/c1-10-5-3-8(4-6-10)9(7-10)11-2/h8-9H,3-7H2,1-2H3/q+1/t8?,9-,10?/m0/s1. The molecule has 0 radical (unpaired) electrons. The summed E-state index contributed by atoms with van der Waals surface area (Å²) in [6.45, 7) is 4.01. The van der Waals surface area contributed by atoms with Gasteiger partial charge in [0.2, 0.25) is 0 Å². The molecule has 1 atom stereocenters. The topological polar surface area (TPSA) is 9.23 Å². The molecule has 0 aromatic heterocycles. The van der Waals surface area contributed by atoms with E-state index < -0.39 is 0 Å². The molecular weight excluding hydrogens is 138 g/mol. The van der Waals surface area contributed by atoms with E-state index in [0.29, 0.717) is 6.10 Å². The van der Waals surface area contributed by atoms with E-state index in [4.69, 9.17) is 4.74 Å². The Labute approximate surface area is 68.7 Å². The van der Waals surface area contributed by atoms with Crippen LogP contribution in [0.1, 0.15) is 12.8 Å². The summed E-state index contributed by atoms with van der Waals surface area (Å²) in [5.74, 6) is 0.875. The molecule has 3 aliphatic heterocycles. The first-order chi connectivity index (χ1) is 5.23. The van der Waals surface area contributed by atoms with E-state index in [2.05, 4.69) is 7.05 Å². The molecule has 0 saturated carbocycles. The van der Waals surface area contributed by atoms with Gasteiger partial charge in [0, 0.05) is 25.9 Å². The highest BCUT2D eigenvalue weighted by Gasteiger charge is 2.43. The lowest BCUT2D eigenvalue weighted by Gasteiger charge is -2.49. The molecule has 2 bridgehead atoms. The summed E-state index contributed by atoms with van der Waals surface area (Å²) >= 11 is 0. The predicted octanol–water partition coefficient (Wildman–Crippen LogP) is 0.872. The molecule has 0 aliphatic carbocycles. The first kappa shape index (κ1) is 7.56. The van der Waals surface area contributed by atoms with Crippen LogP contribution < -0.4 is 0 Å². The summed E-state index contributed by atoms with van der Waals surface area (Å²) in [4.78, 5) is 0. The van der Waals surface area contributed by atoms with Crippen LogP contribution in [0.15, 0.2) is 0 Å². The number of nitrogens with zero attached hydrogens (tertiary/aromatic N) is 1. The fourth-order valence-corrected chi connectivity index (χ4v) is 2.62. The minimum absolute atomic E-state index is 0.558. The summed E-state index contributed by atoms with van der Waals surface area (Å²) in [6, 6.07) is 0. The molecule has 0 N–H and O–H groups in total. The van der Waals surface area contributed by atoms with Gasteiger partial charge in [-0.1, -0.05) is 0 Å².